The first-order valence-corrected chi connectivity index (χ1v) is 5.57. The molecule has 0 saturated carbocycles. The lowest BCUT2D eigenvalue weighted by atomic mass is 10.2. The minimum Gasteiger partial charge on any atom is -0.444 e. The summed E-state index contributed by atoms with van der Waals surface area (Å²) in [6.45, 7) is 0.209. The van der Waals surface area contributed by atoms with Gasteiger partial charge in [0.15, 0.2) is 0 Å². The fourth-order valence-electron chi connectivity index (χ4n) is 1.25. The molecule has 2 rings (SSSR count). The molecule has 0 aliphatic rings. The predicted octanol–water partition coefficient (Wildman–Crippen LogP) is 2.88. The van der Waals surface area contributed by atoms with Crippen LogP contribution in [0.4, 0.5) is 10.5 Å². The monoisotopic (exact) mass is 263 g/mol. The smallest absolute Gasteiger partial charge is 0.412 e. The molecule has 0 aliphatic carbocycles. The zero-order valence-corrected chi connectivity index (χ0v) is 10.1. The second-order valence-corrected chi connectivity index (χ2v) is 3.77. The number of anilines is 1. The Labute approximate surface area is 109 Å². The summed E-state index contributed by atoms with van der Waals surface area (Å²) < 4.78 is 5.02. The average Bonchev–Trinajstić information content (AvgIpc) is 2.40. The molecule has 1 N–H and O–H groups in total. The van der Waals surface area contributed by atoms with Gasteiger partial charge in [0, 0.05) is 0 Å². The summed E-state index contributed by atoms with van der Waals surface area (Å²) in [5, 5.41) is 2.62. The van der Waals surface area contributed by atoms with Crippen LogP contribution >= 0.6 is 11.6 Å². The van der Waals surface area contributed by atoms with E-state index in [1.807, 2.05) is 30.3 Å². The molecule has 1 amide bonds. The van der Waals surface area contributed by atoms with Gasteiger partial charge in [0.05, 0.1) is 18.1 Å². The average molecular weight is 264 g/mol. The van der Waals surface area contributed by atoms with Gasteiger partial charge in [-0.25, -0.2) is 14.8 Å². The number of carbonyl (C=O) groups is 1. The van der Waals surface area contributed by atoms with Gasteiger partial charge in [0.25, 0.3) is 0 Å². The summed E-state index contributed by atoms with van der Waals surface area (Å²) in [5.41, 5.74) is 1.34. The van der Waals surface area contributed by atoms with Crippen LogP contribution in [0.15, 0.2) is 42.7 Å². The van der Waals surface area contributed by atoms with Crippen molar-refractivity contribution in [3.63, 3.8) is 0 Å². The van der Waals surface area contributed by atoms with Crippen LogP contribution < -0.4 is 5.32 Å². The zero-order chi connectivity index (χ0) is 12.8. The highest BCUT2D eigenvalue weighted by molar-refractivity contribution is 6.28. The normalized spacial score (nSPS) is 9.83. The maximum Gasteiger partial charge on any atom is 0.412 e. The van der Waals surface area contributed by atoms with Gasteiger partial charge in [-0.05, 0) is 17.2 Å². The Morgan fingerprint density at radius 2 is 1.89 bits per heavy atom. The van der Waals surface area contributed by atoms with Gasteiger partial charge in [-0.2, -0.15) is 0 Å². The minimum absolute atomic E-state index is 0.123. The van der Waals surface area contributed by atoms with Crippen LogP contribution in [0.3, 0.4) is 0 Å². The Bertz CT molecular complexity index is 517. The summed E-state index contributed by atoms with van der Waals surface area (Å²) in [5.74, 6) is 0. The first-order valence-electron chi connectivity index (χ1n) is 5.19. The first kappa shape index (κ1) is 12.3. The number of benzene rings is 1. The molecular formula is C12H10ClN3O2. The highest BCUT2D eigenvalue weighted by Crippen LogP contribution is 2.07. The number of nitrogens with one attached hydrogen (secondary N) is 1. The van der Waals surface area contributed by atoms with Gasteiger partial charge < -0.3 is 4.74 Å². The second-order valence-electron chi connectivity index (χ2n) is 3.43. The van der Waals surface area contributed by atoms with Crippen molar-refractivity contribution < 1.29 is 9.53 Å². The van der Waals surface area contributed by atoms with Gasteiger partial charge in [0.1, 0.15) is 6.61 Å². The third-order valence-electron chi connectivity index (χ3n) is 2.08. The molecule has 1 aromatic heterocycles. The van der Waals surface area contributed by atoms with Crippen LogP contribution in [0.1, 0.15) is 5.56 Å². The third kappa shape index (κ3) is 3.71. The van der Waals surface area contributed by atoms with Crippen molar-refractivity contribution in [1.82, 2.24) is 9.97 Å². The molecule has 0 bridgehead atoms. The lowest BCUT2D eigenvalue weighted by Gasteiger charge is -2.06. The molecule has 92 valence electrons. The summed E-state index contributed by atoms with van der Waals surface area (Å²) in [6.07, 6.45) is 2.24. The Morgan fingerprint density at radius 1 is 1.22 bits per heavy atom. The van der Waals surface area contributed by atoms with Gasteiger partial charge in [-0.15, -0.1) is 0 Å². The van der Waals surface area contributed by atoms with Gasteiger partial charge in [-0.1, -0.05) is 30.3 Å². The topological polar surface area (TPSA) is 64.1 Å². The highest BCUT2D eigenvalue weighted by atomic mass is 35.5. The molecule has 0 radical (unpaired) electrons. The number of carbonyl (C=O) groups excluding carboxylic acids is 1. The van der Waals surface area contributed by atoms with Crippen molar-refractivity contribution in [3.8, 4) is 0 Å². The summed E-state index contributed by atoms with van der Waals surface area (Å²) in [4.78, 5) is 18.9. The van der Waals surface area contributed by atoms with Gasteiger partial charge in [-0.3, -0.25) is 5.32 Å². The molecule has 18 heavy (non-hydrogen) atoms. The molecular weight excluding hydrogens is 254 g/mol. The number of hydrogen-bond acceptors (Lipinski definition) is 4. The number of ether oxygens (including phenoxy) is 1. The quantitative estimate of drug-likeness (QED) is 0.865. The molecule has 0 spiro atoms. The van der Waals surface area contributed by atoms with Crippen molar-refractivity contribution in [1.29, 1.82) is 0 Å². The van der Waals surface area contributed by atoms with Gasteiger partial charge >= 0.3 is 6.09 Å². The lowest BCUT2D eigenvalue weighted by Crippen LogP contribution is -2.13. The van der Waals surface area contributed by atoms with Crippen LogP contribution in [0.25, 0.3) is 0 Å². The number of amides is 1. The number of nitrogens with zero attached hydrogens (tertiary/aromatic N) is 2. The molecule has 0 atom stereocenters. The first-order chi connectivity index (χ1) is 8.74. The van der Waals surface area contributed by atoms with E-state index in [2.05, 4.69) is 15.3 Å². The van der Waals surface area contributed by atoms with E-state index in [0.29, 0.717) is 5.69 Å². The van der Waals surface area contributed by atoms with Crippen LogP contribution in [0, 0.1) is 0 Å². The molecule has 1 heterocycles. The standard InChI is InChI=1S/C12H10ClN3O2/c13-11-14-6-10(7-15-11)16-12(17)18-8-9-4-2-1-3-5-9/h1-7H,8H2,(H,16,17). The lowest BCUT2D eigenvalue weighted by molar-refractivity contribution is 0.155. The predicted molar refractivity (Wildman–Crippen MR) is 67.3 cm³/mol. The minimum atomic E-state index is -0.565. The van der Waals surface area contributed by atoms with Crippen molar-refractivity contribution in [2.45, 2.75) is 6.61 Å². The molecule has 1 aromatic carbocycles. The summed E-state index contributed by atoms with van der Waals surface area (Å²) in [6, 6.07) is 9.40. The molecule has 0 aliphatic heterocycles. The summed E-state index contributed by atoms with van der Waals surface area (Å²) in [7, 11) is 0. The van der Waals surface area contributed by atoms with Crippen LogP contribution in [-0.4, -0.2) is 16.1 Å². The second kappa shape index (κ2) is 5.97. The number of rotatable bonds is 3. The molecule has 6 heteroatoms. The Balaban J connectivity index is 1.84. The Hall–Kier alpha value is -2.14. The maximum atomic E-state index is 11.4. The van der Waals surface area contributed by atoms with E-state index in [1.54, 1.807) is 0 Å². The van der Waals surface area contributed by atoms with Crippen molar-refractivity contribution in [2.24, 2.45) is 0 Å². The van der Waals surface area contributed by atoms with E-state index in [9.17, 15) is 4.79 Å². The van der Waals surface area contributed by atoms with Crippen molar-refractivity contribution >= 4 is 23.4 Å². The number of halogens is 1. The van der Waals surface area contributed by atoms with Crippen molar-refractivity contribution in [2.75, 3.05) is 5.32 Å². The zero-order valence-electron chi connectivity index (χ0n) is 9.34. The van der Waals surface area contributed by atoms with E-state index >= 15 is 0 Å². The van der Waals surface area contributed by atoms with E-state index < -0.39 is 6.09 Å². The molecule has 5 nitrogen and oxygen atoms in total. The number of aromatic nitrogens is 2. The van der Waals surface area contributed by atoms with E-state index in [0.717, 1.165) is 5.56 Å². The van der Waals surface area contributed by atoms with Crippen LogP contribution in [0.2, 0.25) is 5.28 Å². The molecule has 0 unspecified atom stereocenters. The maximum absolute atomic E-state index is 11.4. The van der Waals surface area contributed by atoms with Crippen LogP contribution in [0.5, 0.6) is 0 Å². The summed E-state index contributed by atoms with van der Waals surface area (Å²) >= 11 is 5.52. The fraction of sp³-hybridized carbons (Fsp3) is 0.0833. The number of hydrogen-bond donors (Lipinski definition) is 1. The van der Waals surface area contributed by atoms with Gasteiger partial charge in [0.2, 0.25) is 5.28 Å². The molecule has 2 aromatic rings. The highest BCUT2D eigenvalue weighted by Gasteiger charge is 2.04. The van der Waals surface area contributed by atoms with Crippen LogP contribution in [-0.2, 0) is 11.3 Å². The molecule has 0 saturated heterocycles. The van der Waals surface area contributed by atoms with E-state index in [1.165, 1.54) is 12.4 Å². The van der Waals surface area contributed by atoms with E-state index in [4.69, 9.17) is 16.3 Å². The SMILES string of the molecule is O=C(Nc1cnc(Cl)nc1)OCc1ccccc1. The molecule has 0 fully saturated rings. The Kier molecular flexibility index (Phi) is 4.09. The largest absolute Gasteiger partial charge is 0.444 e. The third-order valence-corrected chi connectivity index (χ3v) is 2.27. The Morgan fingerprint density at radius 3 is 2.56 bits per heavy atom. The fourth-order valence-corrected chi connectivity index (χ4v) is 1.35. The van der Waals surface area contributed by atoms with Crippen molar-refractivity contribution in [3.05, 3.63) is 53.6 Å². The van der Waals surface area contributed by atoms with E-state index in [-0.39, 0.29) is 11.9 Å².